The molecule has 6 nitrogen and oxygen atoms in total. The Labute approximate surface area is 191 Å². The molecule has 1 heterocycles. The summed E-state index contributed by atoms with van der Waals surface area (Å²) >= 11 is 0. The van der Waals surface area contributed by atoms with Crippen molar-refractivity contribution in [1.82, 2.24) is 9.88 Å². The van der Waals surface area contributed by atoms with Gasteiger partial charge in [-0.05, 0) is 33.9 Å². The van der Waals surface area contributed by atoms with Crippen LogP contribution in [-0.2, 0) is 16.0 Å². The Kier molecular flexibility index (Phi) is 5.34. The smallest absolute Gasteiger partial charge is 0.410 e. The van der Waals surface area contributed by atoms with Gasteiger partial charge in [-0.2, -0.15) is 0 Å². The molecule has 0 fully saturated rings. The van der Waals surface area contributed by atoms with Gasteiger partial charge in [0.1, 0.15) is 12.6 Å². The normalized spacial score (nSPS) is 13.4. The Morgan fingerprint density at radius 3 is 2.24 bits per heavy atom. The summed E-state index contributed by atoms with van der Waals surface area (Å²) in [7, 11) is 1.48. The van der Waals surface area contributed by atoms with Crippen LogP contribution >= 0.6 is 0 Å². The fourth-order valence-corrected chi connectivity index (χ4v) is 4.72. The molecule has 0 spiro atoms. The van der Waals surface area contributed by atoms with E-state index >= 15 is 0 Å². The molecule has 3 aromatic carbocycles. The van der Waals surface area contributed by atoms with E-state index in [0.717, 1.165) is 38.7 Å². The first-order valence-corrected chi connectivity index (χ1v) is 10.9. The molecular formula is C27H24N2O4. The van der Waals surface area contributed by atoms with Crippen molar-refractivity contribution in [2.24, 2.45) is 0 Å². The van der Waals surface area contributed by atoms with Gasteiger partial charge in [-0.3, -0.25) is 4.90 Å². The number of nitrogens with one attached hydrogen (secondary N) is 1. The summed E-state index contributed by atoms with van der Waals surface area (Å²) in [5.74, 6) is -1.15. The third-order valence-electron chi connectivity index (χ3n) is 6.46. The van der Waals surface area contributed by atoms with Crippen LogP contribution in [0.2, 0.25) is 0 Å². The first-order chi connectivity index (χ1) is 16.0. The number of benzene rings is 3. The van der Waals surface area contributed by atoms with Crippen molar-refractivity contribution in [3.63, 3.8) is 0 Å². The Morgan fingerprint density at radius 2 is 1.58 bits per heavy atom. The quantitative estimate of drug-likeness (QED) is 0.440. The summed E-state index contributed by atoms with van der Waals surface area (Å²) in [6, 6.07) is 22.9. The van der Waals surface area contributed by atoms with Crippen LogP contribution in [0.5, 0.6) is 0 Å². The number of nitrogens with zero attached hydrogens (tertiary/aromatic N) is 1. The number of aromatic amines is 1. The number of para-hydroxylation sites is 1. The molecule has 6 heteroatoms. The third kappa shape index (κ3) is 3.74. The van der Waals surface area contributed by atoms with Gasteiger partial charge in [0.2, 0.25) is 0 Å². The Morgan fingerprint density at radius 1 is 0.970 bits per heavy atom. The summed E-state index contributed by atoms with van der Waals surface area (Å²) in [6.45, 7) is 0.149. The number of carboxylic acid groups (broad SMARTS) is 1. The average molecular weight is 440 g/mol. The van der Waals surface area contributed by atoms with Gasteiger partial charge in [0, 0.05) is 36.5 Å². The van der Waals surface area contributed by atoms with Crippen LogP contribution in [0.25, 0.3) is 22.0 Å². The van der Waals surface area contributed by atoms with Crippen LogP contribution in [-0.4, -0.2) is 46.7 Å². The van der Waals surface area contributed by atoms with Crippen LogP contribution in [0, 0.1) is 0 Å². The minimum Gasteiger partial charge on any atom is -0.480 e. The Bertz CT molecular complexity index is 1300. The molecule has 0 aliphatic heterocycles. The summed E-state index contributed by atoms with van der Waals surface area (Å²) < 4.78 is 5.66. The SMILES string of the molecule is CN(C(=O)OCC1c2ccccc2-c2ccccc21)[C@@H](Cc1c[nH]c2ccccc12)C(=O)O. The molecule has 1 aliphatic rings. The van der Waals surface area contributed by atoms with E-state index in [1.54, 1.807) is 6.20 Å². The average Bonchev–Trinajstić information content (AvgIpc) is 3.39. The molecule has 4 aromatic rings. The van der Waals surface area contributed by atoms with Crippen molar-refractivity contribution in [3.8, 4) is 11.1 Å². The zero-order valence-electron chi connectivity index (χ0n) is 18.2. The number of rotatable bonds is 6. The number of carbonyl (C=O) groups excluding carboxylic acids is 1. The van der Waals surface area contributed by atoms with Crippen LogP contribution < -0.4 is 0 Å². The van der Waals surface area contributed by atoms with E-state index in [9.17, 15) is 14.7 Å². The first kappa shape index (κ1) is 20.8. The monoisotopic (exact) mass is 440 g/mol. The van der Waals surface area contributed by atoms with Crippen molar-refractivity contribution in [2.75, 3.05) is 13.7 Å². The standard InChI is InChI=1S/C27H24N2O4/c1-29(25(26(30)31)14-17-15-28-24-13-7-6-8-18(17)24)27(32)33-16-23-21-11-4-2-9-19(21)20-10-3-5-12-22(20)23/h2-13,15,23,25,28H,14,16H2,1H3,(H,30,31)/t25-/m0/s1. The minimum atomic E-state index is -1.07. The second-order valence-corrected chi connectivity index (χ2v) is 8.33. The van der Waals surface area contributed by atoms with Crippen molar-refractivity contribution < 1.29 is 19.4 Å². The summed E-state index contributed by atoms with van der Waals surface area (Å²) in [5, 5.41) is 10.8. The van der Waals surface area contributed by atoms with Gasteiger partial charge in [0.05, 0.1) is 0 Å². The summed E-state index contributed by atoms with van der Waals surface area (Å²) in [4.78, 5) is 29.3. The van der Waals surface area contributed by atoms with Gasteiger partial charge in [-0.15, -0.1) is 0 Å². The van der Waals surface area contributed by atoms with E-state index in [0.29, 0.717) is 0 Å². The number of amides is 1. The largest absolute Gasteiger partial charge is 0.480 e. The maximum atomic E-state index is 12.9. The molecule has 166 valence electrons. The number of hydrogen-bond acceptors (Lipinski definition) is 3. The Hall–Kier alpha value is -4.06. The van der Waals surface area contributed by atoms with Crippen molar-refractivity contribution in [1.29, 1.82) is 0 Å². The fourth-order valence-electron chi connectivity index (χ4n) is 4.72. The van der Waals surface area contributed by atoms with Crippen molar-refractivity contribution in [3.05, 3.63) is 95.7 Å². The number of aromatic nitrogens is 1. The predicted octanol–water partition coefficient (Wildman–Crippen LogP) is 5.04. The van der Waals surface area contributed by atoms with Gasteiger partial charge < -0.3 is 14.8 Å². The summed E-state index contributed by atoms with van der Waals surface area (Å²) in [6.07, 6.45) is 1.33. The minimum absolute atomic E-state index is 0.0772. The van der Waals surface area contributed by atoms with E-state index < -0.39 is 18.1 Å². The molecule has 0 saturated heterocycles. The van der Waals surface area contributed by atoms with Crippen LogP contribution in [0.1, 0.15) is 22.6 Å². The molecule has 5 rings (SSSR count). The molecule has 33 heavy (non-hydrogen) atoms. The van der Waals surface area contributed by atoms with E-state index in [1.807, 2.05) is 48.5 Å². The lowest BCUT2D eigenvalue weighted by molar-refractivity contribution is -0.142. The number of aliphatic carboxylic acids is 1. The Balaban J connectivity index is 1.32. The number of likely N-dealkylation sites (N-methyl/N-ethyl adjacent to an activating group) is 1. The first-order valence-electron chi connectivity index (χ1n) is 10.9. The second kappa shape index (κ2) is 8.47. The zero-order valence-corrected chi connectivity index (χ0v) is 18.2. The lowest BCUT2D eigenvalue weighted by Crippen LogP contribution is -2.44. The fraction of sp³-hybridized carbons (Fsp3) is 0.185. The number of carboxylic acids is 1. The third-order valence-corrected chi connectivity index (χ3v) is 6.46. The molecule has 1 aromatic heterocycles. The van der Waals surface area contributed by atoms with Gasteiger partial charge in [0.15, 0.2) is 0 Å². The predicted molar refractivity (Wildman–Crippen MR) is 126 cm³/mol. The van der Waals surface area contributed by atoms with Gasteiger partial charge in [0.25, 0.3) is 0 Å². The van der Waals surface area contributed by atoms with E-state index in [1.165, 1.54) is 11.9 Å². The van der Waals surface area contributed by atoms with E-state index in [-0.39, 0.29) is 18.9 Å². The van der Waals surface area contributed by atoms with Crippen LogP contribution in [0.3, 0.4) is 0 Å². The highest BCUT2D eigenvalue weighted by Gasteiger charge is 2.32. The number of carbonyl (C=O) groups is 2. The molecule has 1 atom stereocenters. The van der Waals surface area contributed by atoms with Crippen LogP contribution in [0.4, 0.5) is 4.79 Å². The van der Waals surface area contributed by atoms with Gasteiger partial charge >= 0.3 is 12.1 Å². The molecule has 0 saturated carbocycles. The highest BCUT2D eigenvalue weighted by molar-refractivity contribution is 5.85. The van der Waals surface area contributed by atoms with Crippen LogP contribution in [0.15, 0.2) is 79.0 Å². The number of H-pyrrole nitrogens is 1. The molecular weight excluding hydrogens is 416 g/mol. The van der Waals surface area contributed by atoms with E-state index in [2.05, 4.69) is 29.2 Å². The zero-order chi connectivity index (χ0) is 22.9. The maximum absolute atomic E-state index is 12.9. The number of fused-ring (bicyclic) bond motifs is 4. The number of hydrogen-bond donors (Lipinski definition) is 2. The lowest BCUT2D eigenvalue weighted by Gasteiger charge is -2.25. The lowest BCUT2D eigenvalue weighted by atomic mass is 9.98. The van der Waals surface area contributed by atoms with E-state index in [4.69, 9.17) is 4.74 Å². The highest BCUT2D eigenvalue weighted by atomic mass is 16.6. The summed E-state index contributed by atoms with van der Waals surface area (Å²) in [5.41, 5.74) is 6.29. The van der Waals surface area contributed by atoms with Crippen molar-refractivity contribution in [2.45, 2.75) is 18.4 Å². The molecule has 0 radical (unpaired) electrons. The highest BCUT2D eigenvalue weighted by Crippen LogP contribution is 2.44. The van der Waals surface area contributed by atoms with Gasteiger partial charge in [-0.25, -0.2) is 9.59 Å². The molecule has 0 bridgehead atoms. The molecule has 2 N–H and O–H groups in total. The molecule has 1 aliphatic carbocycles. The number of ether oxygens (including phenoxy) is 1. The maximum Gasteiger partial charge on any atom is 0.410 e. The second-order valence-electron chi connectivity index (χ2n) is 8.33. The van der Waals surface area contributed by atoms with Gasteiger partial charge in [-0.1, -0.05) is 66.7 Å². The molecule has 1 amide bonds. The molecule has 0 unspecified atom stereocenters. The topological polar surface area (TPSA) is 82.6 Å². The van der Waals surface area contributed by atoms with Crippen molar-refractivity contribution >= 4 is 23.0 Å².